The van der Waals surface area contributed by atoms with Gasteiger partial charge in [0.05, 0.1) is 26.4 Å². The molecule has 1 aromatic rings. The highest BCUT2D eigenvalue weighted by Crippen LogP contribution is 2.15. The lowest BCUT2D eigenvalue weighted by Gasteiger charge is -2.19. The zero-order chi connectivity index (χ0) is 39.2. The summed E-state index contributed by atoms with van der Waals surface area (Å²) in [4.78, 5) is 62.4. The maximum atomic E-state index is 13.1. The first-order valence-electron chi connectivity index (χ1n) is 18.9. The summed E-state index contributed by atoms with van der Waals surface area (Å²) in [5.41, 5.74) is 4.35. The standard InChI is InChI=1S/C40H63N3O10/c1-5-24-49-25-26-50-27-28-51-31-34(44)29-33(20-21-37(46)52-30-32-16-10-9-11-17-32)38(47)42-22-14-8-6-7-12-19-36(45)35(41)18-13-15-23-43-39(48)53-40(2,3)4/h1,9-11,16-17,33,35H,6-8,12-15,18-31,41H2,2-4H3,(H,42,47)(H,43,48)/p+1/t33-,35-/m1/s1. The first-order valence-corrected chi connectivity index (χ1v) is 18.9. The first kappa shape index (κ1) is 47.2. The number of carbonyl (C=O) groups is 5. The number of quaternary nitrogens is 1. The van der Waals surface area contributed by atoms with E-state index in [9.17, 15) is 24.0 Å². The molecule has 0 spiro atoms. The zero-order valence-corrected chi connectivity index (χ0v) is 32.3. The molecule has 2 amide bonds. The number of Topliss-reactive ketones (excluding diaryl/α,β-unsaturated/α-hetero) is 2. The molecule has 0 saturated heterocycles. The monoisotopic (exact) mass is 746 g/mol. The van der Waals surface area contributed by atoms with Gasteiger partial charge >= 0.3 is 12.1 Å². The van der Waals surface area contributed by atoms with Gasteiger partial charge in [0.1, 0.15) is 31.5 Å². The van der Waals surface area contributed by atoms with Gasteiger partial charge < -0.3 is 40.1 Å². The number of nitrogens with one attached hydrogen (secondary N) is 2. The van der Waals surface area contributed by atoms with Crippen molar-refractivity contribution in [2.45, 2.75) is 116 Å². The predicted octanol–water partition coefficient (Wildman–Crippen LogP) is 4.10. The van der Waals surface area contributed by atoms with Gasteiger partial charge in [-0.25, -0.2) is 4.79 Å². The molecule has 0 aromatic heterocycles. The number of hydrogen-bond donors (Lipinski definition) is 3. The number of carbonyl (C=O) groups excluding carboxylic acids is 5. The number of benzene rings is 1. The van der Waals surface area contributed by atoms with Crippen LogP contribution >= 0.6 is 0 Å². The van der Waals surface area contributed by atoms with Crippen molar-refractivity contribution in [1.82, 2.24) is 10.6 Å². The summed E-state index contributed by atoms with van der Waals surface area (Å²) < 4.78 is 26.5. The molecule has 13 heteroatoms. The van der Waals surface area contributed by atoms with Gasteiger partial charge in [-0.2, -0.15) is 0 Å². The number of esters is 1. The van der Waals surface area contributed by atoms with E-state index < -0.39 is 23.6 Å². The summed E-state index contributed by atoms with van der Waals surface area (Å²) >= 11 is 0. The van der Waals surface area contributed by atoms with Crippen LogP contribution in [0.4, 0.5) is 4.79 Å². The molecule has 5 N–H and O–H groups in total. The van der Waals surface area contributed by atoms with Crippen LogP contribution in [0.1, 0.15) is 103 Å². The van der Waals surface area contributed by atoms with Crippen LogP contribution in [-0.2, 0) is 49.5 Å². The Morgan fingerprint density at radius 2 is 1.43 bits per heavy atom. The van der Waals surface area contributed by atoms with Crippen LogP contribution in [0, 0.1) is 18.3 Å². The van der Waals surface area contributed by atoms with Gasteiger partial charge in [-0.15, -0.1) is 6.42 Å². The van der Waals surface area contributed by atoms with Gasteiger partial charge in [0.2, 0.25) is 5.91 Å². The van der Waals surface area contributed by atoms with Crippen LogP contribution in [-0.4, -0.2) is 93.9 Å². The second kappa shape index (κ2) is 29.6. The number of amides is 2. The minimum absolute atomic E-state index is 0.00676. The summed E-state index contributed by atoms with van der Waals surface area (Å²) in [6.45, 7) is 7.81. The zero-order valence-electron chi connectivity index (χ0n) is 32.3. The Hall–Kier alpha value is -3.83. The lowest BCUT2D eigenvalue weighted by atomic mass is 9.96. The van der Waals surface area contributed by atoms with Crippen molar-refractivity contribution >= 4 is 29.5 Å². The number of ketones is 2. The van der Waals surface area contributed by atoms with Gasteiger partial charge in [0.25, 0.3) is 0 Å². The molecule has 0 aliphatic heterocycles. The maximum Gasteiger partial charge on any atom is 0.407 e. The maximum absolute atomic E-state index is 13.1. The quantitative estimate of drug-likeness (QED) is 0.0568. The Morgan fingerprint density at radius 1 is 0.792 bits per heavy atom. The Kier molecular flexibility index (Phi) is 26.4. The smallest absolute Gasteiger partial charge is 0.407 e. The van der Waals surface area contributed by atoms with Crippen molar-refractivity contribution < 1.29 is 53.4 Å². The number of rotatable bonds is 31. The fourth-order valence-electron chi connectivity index (χ4n) is 5.11. The van der Waals surface area contributed by atoms with Crippen LogP contribution in [0.2, 0.25) is 0 Å². The summed E-state index contributed by atoms with van der Waals surface area (Å²) in [5, 5.41) is 5.65. The van der Waals surface area contributed by atoms with Crippen molar-refractivity contribution in [1.29, 1.82) is 0 Å². The third-order valence-corrected chi connectivity index (χ3v) is 7.98. The fourth-order valence-corrected chi connectivity index (χ4v) is 5.11. The Balaban J connectivity index is 2.33. The van der Waals surface area contributed by atoms with Crippen molar-refractivity contribution in [3.05, 3.63) is 35.9 Å². The van der Waals surface area contributed by atoms with E-state index >= 15 is 0 Å². The lowest BCUT2D eigenvalue weighted by molar-refractivity contribution is -0.404. The predicted molar refractivity (Wildman–Crippen MR) is 200 cm³/mol. The second-order valence-corrected chi connectivity index (χ2v) is 13.9. The highest BCUT2D eigenvalue weighted by molar-refractivity contribution is 5.87. The Morgan fingerprint density at radius 3 is 2.15 bits per heavy atom. The molecule has 0 aliphatic carbocycles. The average molecular weight is 747 g/mol. The van der Waals surface area contributed by atoms with E-state index in [2.05, 4.69) is 22.3 Å². The largest absolute Gasteiger partial charge is 0.461 e. The van der Waals surface area contributed by atoms with Crippen molar-refractivity contribution in [2.75, 3.05) is 52.7 Å². The highest BCUT2D eigenvalue weighted by Gasteiger charge is 2.23. The summed E-state index contributed by atoms with van der Waals surface area (Å²) in [5.74, 6) is 0.876. The Labute approximate surface area is 316 Å². The van der Waals surface area contributed by atoms with Crippen molar-refractivity contribution in [2.24, 2.45) is 5.92 Å². The van der Waals surface area contributed by atoms with Gasteiger partial charge in [-0.3, -0.25) is 19.2 Å². The molecular formula is C40H64N3O10+. The average Bonchev–Trinajstić information content (AvgIpc) is 3.12. The van der Waals surface area contributed by atoms with E-state index in [0.29, 0.717) is 39.1 Å². The van der Waals surface area contributed by atoms with Gasteiger partial charge in [0, 0.05) is 44.7 Å². The van der Waals surface area contributed by atoms with E-state index in [1.54, 1.807) is 0 Å². The van der Waals surface area contributed by atoms with Crippen LogP contribution in [0.15, 0.2) is 30.3 Å². The molecule has 2 atom stereocenters. The van der Waals surface area contributed by atoms with Gasteiger partial charge in [-0.1, -0.05) is 55.5 Å². The third-order valence-electron chi connectivity index (χ3n) is 7.98. The summed E-state index contributed by atoms with van der Waals surface area (Å²) in [6.07, 6.45) is 11.8. The van der Waals surface area contributed by atoms with E-state index in [-0.39, 0.29) is 75.8 Å². The molecule has 0 saturated carbocycles. The minimum Gasteiger partial charge on any atom is -0.461 e. The molecule has 1 rings (SSSR count). The van der Waals surface area contributed by atoms with Crippen molar-refractivity contribution in [3.8, 4) is 12.3 Å². The Bertz CT molecular complexity index is 1230. The normalized spacial score (nSPS) is 12.3. The van der Waals surface area contributed by atoms with Crippen LogP contribution in [0.3, 0.4) is 0 Å². The van der Waals surface area contributed by atoms with Gasteiger partial charge in [-0.05, 0) is 58.4 Å². The molecule has 1 aromatic carbocycles. The molecule has 13 nitrogen and oxygen atoms in total. The number of alkyl carbamates (subject to hydrolysis) is 1. The molecule has 0 aliphatic rings. The minimum atomic E-state index is -0.692. The van der Waals surface area contributed by atoms with Crippen LogP contribution in [0.5, 0.6) is 0 Å². The number of unbranched alkanes of at least 4 members (excludes halogenated alkanes) is 5. The van der Waals surface area contributed by atoms with E-state index in [1.807, 2.05) is 51.1 Å². The first-order chi connectivity index (χ1) is 25.4. The van der Waals surface area contributed by atoms with E-state index in [4.69, 9.17) is 30.1 Å². The van der Waals surface area contributed by atoms with Crippen molar-refractivity contribution in [3.63, 3.8) is 0 Å². The molecule has 0 unspecified atom stereocenters. The number of hydrogen-bond acceptors (Lipinski definition) is 10. The fraction of sp³-hybridized carbons (Fsp3) is 0.675. The van der Waals surface area contributed by atoms with Crippen LogP contribution < -0.4 is 16.4 Å². The summed E-state index contributed by atoms with van der Waals surface area (Å²) in [7, 11) is 0. The number of terminal acetylenes is 1. The second-order valence-electron chi connectivity index (χ2n) is 13.9. The summed E-state index contributed by atoms with van der Waals surface area (Å²) in [6, 6.07) is 9.06. The van der Waals surface area contributed by atoms with E-state index in [0.717, 1.165) is 50.5 Å². The lowest BCUT2D eigenvalue weighted by Crippen LogP contribution is -2.64. The highest BCUT2D eigenvalue weighted by atomic mass is 16.6. The third kappa shape index (κ3) is 27.4. The molecule has 0 radical (unpaired) electrons. The molecule has 0 bridgehead atoms. The molecular weight excluding hydrogens is 682 g/mol. The van der Waals surface area contributed by atoms with Crippen LogP contribution in [0.25, 0.3) is 0 Å². The molecule has 298 valence electrons. The molecule has 0 heterocycles. The SMILES string of the molecule is C#CCOCCOCCOCC(=O)C[C@@H](CCC(=O)OCc1ccccc1)C(=O)NCCCCCCCC(=O)[C@H]([NH3+])CCCCNC(=O)OC(C)(C)C. The number of ether oxygens (including phenoxy) is 5. The molecule has 0 fully saturated rings. The molecule has 53 heavy (non-hydrogen) atoms. The van der Waals surface area contributed by atoms with Gasteiger partial charge in [0.15, 0.2) is 11.6 Å². The topological polar surface area (TPSA) is 183 Å². The van der Waals surface area contributed by atoms with E-state index in [1.165, 1.54) is 0 Å².